The molecule has 0 radical (unpaired) electrons. The van der Waals surface area contributed by atoms with Crippen LogP contribution in [0.15, 0.2) is 36.9 Å². The minimum atomic E-state index is -0.290. The number of carbonyl (C=O) groups is 1. The first-order valence-corrected chi connectivity index (χ1v) is 11.5. The molecule has 0 bridgehead atoms. The van der Waals surface area contributed by atoms with Crippen molar-refractivity contribution in [1.29, 1.82) is 0 Å². The molecule has 182 valence electrons. The topological polar surface area (TPSA) is 131 Å². The second-order valence-electron chi connectivity index (χ2n) is 9.02. The van der Waals surface area contributed by atoms with Crippen LogP contribution >= 0.6 is 11.6 Å². The zero-order valence-corrected chi connectivity index (χ0v) is 20.5. The van der Waals surface area contributed by atoms with Crippen molar-refractivity contribution in [2.45, 2.75) is 19.4 Å². The van der Waals surface area contributed by atoms with Crippen molar-refractivity contribution in [2.75, 3.05) is 43.9 Å². The number of H-pyrrole nitrogens is 1. The van der Waals surface area contributed by atoms with E-state index in [1.807, 2.05) is 18.2 Å². The van der Waals surface area contributed by atoms with Crippen molar-refractivity contribution < 1.29 is 9.53 Å². The molecule has 1 saturated heterocycles. The molecule has 4 heterocycles. The van der Waals surface area contributed by atoms with Crippen LogP contribution in [0.5, 0.6) is 5.75 Å². The fourth-order valence-electron chi connectivity index (χ4n) is 4.49. The number of carbonyl (C=O) groups excluding carboxylic acids is 1. The SMILES string of the molecule is COc1cc(N2CCN(CC(=O)n3nc(-c4ncc[nH]4)c4c(N)ncnc43)C(C)(C)C2)ccc1Cl. The maximum atomic E-state index is 13.5. The van der Waals surface area contributed by atoms with E-state index in [4.69, 9.17) is 22.1 Å². The molecule has 0 aliphatic carbocycles. The number of imidazole rings is 1. The van der Waals surface area contributed by atoms with Gasteiger partial charge in [-0.25, -0.2) is 15.0 Å². The van der Waals surface area contributed by atoms with Crippen LogP contribution in [0, 0.1) is 0 Å². The van der Waals surface area contributed by atoms with Crippen molar-refractivity contribution in [2.24, 2.45) is 0 Å². The number of aromatic amines is 1. The van der Waals surface area contributed by atoms with E-state index in [2.05, 4.69) is 48.7 Å². The highest BCUT2D eigenvalue weighted by atomic mass is 35.5. The lowest BCUT2D eigenvalue weighted by Crippen LogP contribution is -2.60. The first kappa shape index (κ1) is 23.1. The van der Waals surface area contributed by atoms with E-state index in [-0.39, 0.29) is 23.8 Å². The molecule has 0 saturated carbocycles. The van der Waals surface area contributed by atoms with E-state index >= 15 is 0 Å². The van der Waals surface area contributed by atoms with Gasteiger partial charge in [-0.3, -0.25) is 9.69 Å². The fourth-order valence-corrected chi connectivity index (χ4v) is 4.68. The Balaban J connectivity index is 1.39. The van der Waals surface area contributed by atoms with Gasteiger partial charge in [-0.1, -0.05) is 11.6 Å². The smallest absolute Gasteiger partial charge is 0.263 e. The van der Waals surface area contributed by atoms with Crippen LogP contribution in [0.4, 0.5) is 11.5 Å². The zero-order chi connectivity index (χ0) is 24.7. The molecule has 35 heavy (non-hydrogen) atoms. The number of fused-ring (bicyclic) bond motifs is 1. The minimum Gasteiger partial charge on any atom is -0.495 e. The molecule has 1 aliphatic heterocycles. The number of halogens is 1. The normalized spacial score (nSPS) is 16.1. The number of benzene rings is 1. The highest BCUT2D eigenvalue weighted by molar-refractivity contribution is 6.32. The van der Waals surface area contributed by atoms with Crippen molar-refractivity contribution >= 4 is 40.0 Å². The lowest BCUT2D eigenvalue weighted by molar-refractivity contribution is 0.0656. The third-order valence-electron chi connectivity index (χ3n) is 6.35. The Bertz CT molecular complexity index is 1380. The molecule has 0 atom stereocenters. The average Bonchev–Trinajstić information content (AvgIpc) is 3.49. The first-order chi connectivity index (χ1) is 16.8. The lowest BCUT2D eigenvalue weighted by atomic mass is 9.98. The summed E-state index contributed by atoms with van der Waals surface area (Å²) in [6.07, 6.45) is 4.62. The maximum Gasteiger partial charge on any atom is 0.263 e. The second-order valence-corrected chi connectivity index (χ2v) is 9.43. The van der Waals surface area contributed by atoms with Crippen molar-refractivity contribution in [3.05, 3.63) is 41.9 Å². The minimum absolute atomic E-state index is 0.170. The van der Waals surface area contributed by atoms with Gasteiger partial charge in [0.05, 0.1) is 24.1 Å². The number of nitrogens with two attached hydrogens (primary N) is 1. The first-order valence-electron chi connectivity index (χ1n) is 11.1. The molecule has 1 fully saturated rings. The number of hydrogen-bond donors (Lipinski definition) is 2. The zero-order valence-electron chi connectivity index (χ0n) is 19.7. The monoisotopic (exact) mass is 495 g/mol. The van der Waals surface area contributed by atoms with Crippen LogP contribution in [0.1, 0.15) is 18.6 Å². The standard InChI is InChI=1S/C23H26ClN9O2/c1-23(2)12-31(14-4-5-15(24)16(10-14)35-3)8-9-32(23)11-17(34)33-22-18(20(25)28-13-29-22)19(30-33)21-26-6-7-27-21/h4-7,10,13H,8-9,11-12H2,1-3H3,(H,26,27)(H2,25,28,29). The highest BCUT2D eigenvalue weighted by Gasteiger charge is 2.36. The van der Waals surface area contributed by atoms with E-state index in [1.165, 1.54) is 11.0 Å². The van der Waals surface area contributed by atoms with Crippen LogP contribution in [-0.4, -0.2) is 79.4 Å². The van der Waals surface area contributed by atoms with Crippen molar-refractivity contribution in [3.63, 3.8) is 0 Å². The van der Waals surface area contributed by atoms with Gasteiger partial charge in [0, 0.05) is 49.3 Å². The summed E-state index contributed by atoms with van der Waals surface area (Å²) in [6.45, 7) is 6.56. The Kier molecular flexibility index (Phi) is 5.81. The number of nitrogens with one attached hydrogen (secondary N) is 1. The van der Waals surface area contributed by atoms with Gasteiger partial charge in [-0.2, -0.15) is 9.78 Å². The maximum absolute atomic E-state index is 13.5. The summed E-state index contributed by atoms with van der Waals surface area (Å²) in [4.78, 5) is 33.5. The molecular formula is C23H26ClN9O2. The molecule has 3 aromatic heterocycles. The van der Waals surface area contributed by atoms with E-state index in [0.717, 1.165) is 18.8 Å². The largest absolute Gasteiger partial charge is 0.495 e. The summed E-state index contributed by atoms with van der Waals surface area (Å²) < 4.78 is 6.68. The van der Waals surface area contributed by atoms with E-state index in [9.17, 15) is 4.79 Å². The number of aromatic nitrogens is 6. The molecule has 3 N–H and O–H groups in total. The van der Waals surface area contributed by atoms with Gasteiger partial charge in [0.25, 0.3) is 5.91 Å². The Morgan fingerprint density at radius 3 is 2.80 bits per heavy atom. The summed E-state index contributed by atoms with van der Waals surface area (Å²) in [6, 6.07) is 5.76. The third kappa shape index (κ3) is 4.17. The number of ether oxygens (including phenoxy) is 1. The lowest BCUT2D eigenvalue weighted by Gasteiger charge is -2.47. The Morgan fingerprint density at radius 1 is 1.26 bits per heavy atom. The summed E-state index contributed by atoms with van der Waals surface area (Å²) in [5, 5.41) is 5.59. The van der Waals surface area contributed by atoms with Crippen LogP contribution in [0.2, 0.25) is 5.02 Å². The molecule has 0 spiro atoms. The number of nitrogens with zero attached hydrogens (tertiary/aromatic N) is 7. The molecule has 0 unspecified atom stereocenters. The molecule has 0 amide bonds. The van der Waals surface area contributed by atoms with Gasteiger partial charge in [0.15, 0.2) is 11.5 Å². The van der Waals surface area contributed by atoms with Crippen LogP contribution in [0.3, 0.4) is 0 Å². The number of methoxy groups -OCH3 is 1. The molecule has 1 aliphatic rings. The number of rotatable bonds is 5. The molecule has 1 aromatic carbocycles. The summed E-state index contributed by atoms with van der Waals surface area (Å²) in [7, 11) is 1.60. The van der Waals surface area contributed by atoms with Gasteiger partial charge < -0.3 is 20.4 Å². The predicted molar refractivity (Wildman–Crippen MR) is 134 cm³/mol. The Labute approximate surface area is 206 Å². The van der Waals surface area contributed by atoms with Gasteiger partial charge in [0.2, 0.25) is 0 Å². The predicted octanol–water partition coefficient (Wildman–Crippen LogP) is 2.70. The quantitative estimate of drug-likeness (QED) is 0.429. The molecule has 11 nitrogen and oxygen atoms in total. The Morgan fingerprint density at radius 2 is 2.09 bits per heavy atom. The van der Waals surface area contributed by atoms with E-state index in [0.29, 0.717) is 39.9 Å². The number of hydrogen-bond acceptors (Lipinski definition) is 9. The third-order valence-corrected chi connectivity index (χ3v) is 6.66. The van der Waals surface area contributed by atoms with Crippen LogP contribution in [-0.2, 0) is 0 Å². The molecule has 5 rings (SSSR count). The fraction of sp³-hybridized carbons (Fsp3) is 0.348. The molecular weight excluding hydrogens is 470 g/mol. The number of anilines is 2. The second kappa shape index (κ2) is 8.82. The average molecular weight is 496 g/mol. The highest BCUT2D eigenvalue weighted by Crippen LogP contribution is 2.33. The van der Waals surface area contributed by atoms with Crippen LogP contribution < -0.4 is 15.4 Å². The van der Waals surface area contributed by atoms with Crippen molar-refractivity contribution in [1.82, 2.24) is 34.6 Å². The van der Waals surface area contributed by atoms with E-state index < -0.39 is 0 Å². The summed E-state index contributed by atoms with van der Waals surface area (Å²) >= 11 is 6.20. The number of piperazine rings is 1. The van der Waals surface area contributed by atoms with Gasteiger partial charge in [-0.15, -0.1) is 0 Å². The van der Waals surface area contributed by atoms with Gasteiger partial charge in [0.1, 0.15) is 23.6 Å². The van der Waals surface area contributed by atoms with Gasteiger partial charge in [-0.05, 0) is 26.0 Å². The van der Waals surface area contributed by atoms with E-state index in [1.54, 1.807) is 19.5 Å². The summed E-state index contributed by atoms with van der Waals surface area (Å²) in [5.74, 6) is 1.17. The molecule has 12 heteroatoms. The van der Waals surface area contributed by atoms with Crippen molar-refractivity contribution in [3.8, 4) is 17.3 Å². The van der Waals surface area contributed by atoms with Crippen LogP contribution in [0.25, 0.3) is 22.6 Å². The van der Waals surface area contributed by atoms with Gasteiger partial charge >= 0.3 is 0 Å². The molecule has 4 aromatic rings. The summed E-state index contributed by atoms with van der Waals surface area (Å²) in [5.41, 5.74) is 7.65. The Hall–Kier alpha value is -3.70. The number of nitrogen functional groups attached to an aromatic ring is 1.